The summed E-state index contributed by atoms with van der Waals surface area (Å²) in [5.74, 6) is 0.304. The smallest absolute Gasteiger partial charge is 0.259 e. The number of nitrogens with zero attached hydrogens (tertiary/aromatic N) is 2. The third-order valence-electron chi connectivity index (χ3n) is 4.85. The van der Waals surface area contributed by atoms with Gasteiger partial charge in [0.1, 0.15) is 5.69 Å². The maximum absolute atomic E-state index is 13.0. The first-order valence-electron chi connectivity index (χ1n) is 9.17. The Morgan fingerprint density at radius 3 is 3.04 bits per heavy atom. The molecule has 4 rings (SSSR count). The Morgan fingerprint density at radius 1 is 1.44 bits per heavy atom. The maximum atomic E-state index is 13.0. The Hall–Kier alpha value is -2.71. The van der Waals surface area contributed by atoms with Crippen molar-refractivity contribution in [3.8, 4) is 11.5 Å². The molecule has 1 aliphatic heterocycles. The van der Waals surface area contributed by atoms with Gasteiger partial charge in [-0.2, -0.15) is 0 Å². The predicted octanol–water partition coefficient (Wildman–Crippen LogP) is 1.75. The number of carbonyl (C=O) groups excluding carboxylic acids is 1. The topological polar surface area (TPSA) is 113 Å². The van der Waals surface area contributed by atoms with Gasteiger partial charge in [0, 0.05) is 25.6 Å². The van der Waals surface area contributed by atoms with Gasteiger partial charge in [0.05, 0.1) is 29.0 Å². The molecule has 1 fully saturated rings. The van der Waals surface area contributed by atoms with Gasteiger partial charge in [-0.3, -0.25) is 4.79 Å². The van der Waals surface area contributed by atoms with E-state index in [4.69, 9.17) is 8.94 Å². The summed E-state index contributed by atoms with van der Waals surface area (Å²) in [6.45, 7) is 3.66. The van der Waals surface area contributed by atoms with Crippen molar-refractivity contribution in [1.29, 1.82) is 0 Å². The first-order chi connectivity index (χ1) is 13.2. The molecule has 0 spiro atoms. The van der Waals surface area contributed by atoms with Crippen LogP contribution in [0.2, 0.25) is 0 Å². The number of nitrogens with one attached hydrogen (secondary N) is 2. The van der Waals surface area contributed by atoms with Crippen molar-refractivity contribution in [2.24, 2.45) is 5.92 Å². The monoisotopic (exact) mass is 370 g/mol. The van der Waals surface area contributed by atoms with Crippen LogP contribution in [0.1, 0.15) is 29.4 Å². The number of rotatable bonds is 6. The van der Waals surface area contributed by atoms with Crippen molar-refractivity contribution in [2.75, 3.05) is 19.6 Å². The maximum Gasteiger partial charge on any atom is 0.259 e. The number of pyridine rings is 1. The van der Waals surface area contributed by atoms with E-state index < -0.39 is 6.10 Å². The highest BCUT2D eigenvalue weighted by Crippen LogP contribution is 2.28. The first-order valence-corrected chi connectivity index (χ1v) is 9.17. The highest BCUT2D eigenvalue weighted by atomic mass is 16.5. The third-order valence-corrected chi connectivity index (χ3v) is 4.85. The standard InChI is InChI=1S/C19H22N4O4/c1-2-4-13-17-12(18(25)21-9-11-8-20-10-15(11)24)7-14(16-5-3-6-26-16)22-19(17)27-23-13/h3,5-7,11,15,20,24H,2,4,8-10H2,1H3,(H,21,25). The minimum Gasteiger partial charge on any atom is -0.463 e. The van der Waals surface area contributed by atoms with Gasteiger partial charge in [-0.1, -0.05) is 18.5 Å². The number of hydrogen-bond donors (Lipinski definition) is 3. The zero-order valence-corrected chi connectivity index (χ0v) is 15.1. The van der Waals surface area contributed by atoms with Crippen molar-refractivity contribution in [1.82, 2.24) is 20.8 Å². The molecule has 0 radical (unpaired) electrons. The molecule has 3 aromatic rings. The van der Waals surface area contributed by atoms with Gasteiger partial charge in [0.25, 0.3) is 11.6 Å². The molecule has 1 aliphatic rings. The molecule has 0 saturated carbocycles. The van der Waals surface area contributed by atoms with E-state index in [0.717, 1.165) is 12.1 Å². The molecule has 2 unspecified atom stereocenters. The number of amides is 1. The zero-order valence-electron chi connectivity index (χ0n) is 15.1. The summed E-state index contributed by atoms with van der Waals surface area (Å²) in [6.07, 6.45) is 2.67. The van der Waals surface area contributed by atoms with E-state index in [9.17, 15) is 9.90 Å². The Labute approximate surface area is 155 Å². The molecular weight excluding hydrogens is 348 g/mol. The SMILES string of the molecule is CCCc1noc2nc(-c3ccco3)cc(C(=O)NCC3CNCC3O)c12. The lowest BCUT2D eigenvalue weighted by Gasteiger charge is -2.14. The number of fused-ring (bicyclic) bond motifs is 1. The van der Waals surface area contributed by atoms with Crippen molar-refractivity contribution >= 4 is 17.0 Å². The fourth-order valence-electron chi connectivity index (χ4n) is 3.39. The number of aliphatic hydroxyl groups is 1. The van der Waals surface area contributed by atoms with Gasteiger partial charge in [-0.15, -0.1) is 0 Å². The second kappa shape index (κ2) is 7.50. The average molecular weight is 370 g/mol. The minimum atomic E-state index is -0.451. The van der Waals surface area contributed by atoms with E-state index in [-0.39, 0.29) is 11.8 Å². The van der Waals surface area contributed by atoms with Crippen molar-refractivity contribution in [3.05, 3.63) is 35.7 Å². The molecule has 1 amide bonds. The number of hydrogen-bond acceptors (Lipinski definition) is 7. The van der Waals surface area contributed by atoms with Gasteiger partial charge in [-0.25, -0.2) is 4.98 Å². The van der Waals surface area contributed by atoms with Crippen LogP contribution in [0, 0.1) is 5.92 Å². The summed E-state index contributed by atoms with van der Waals surface area (Å²) >= 11 is 0. The summed E-state index contributed by atoms with van der Waals surface area (Å²) in [5, 5.41) is 20.7. The second-order valence-electron chi connectivity index (χ2n) is 6.79. The lowest BCUT2D eigenvalue weighted by molar-refractivity contribution is 0.0928. The van der Waals surface area contributed by atoms with Gasteiger partial charge in [0.15, 0.2) is 5.76 Å². The van der Waals surface area contributed by atoms with Crippen molar-refractivity contribution in [2.45, 2.75) is 25.9 Å². The molecule has 2 atom stereocenters. The Morgan fingerprint density at radius 2 is 2.33 bits per heavy atom. The molecule has 0 bridgehead atoms. The number of furan rings is 1. The van der Waals surface area contributed by atoms with Crippen LogP contribution in [0.4, 0.5) is 0 Å². The molecule has 8 heteroatoms. The summed E-state index contributed by atoms with van der Waals surface area (Å²) in [6, 6.07) is 5.24. The lowest BCUT2D eigenvalue weighted by atomic mass is 10.0. The normalized spacial score (nSPS) is 19.6. The van der Waals surface area contributed by atoms with Crippen LogP contribution in [0.15, 0.2) is 33.4 Å². The molecule has 3 N–H and O–H groups in total. The van der Waals surface area contributed by atoms with Crippen LogP contribution in [0.25, 0.3) is 22.6 Å². The second-order valence-corrected chi connectivity index (χ2v) is 6.79. The van der Waals surface area contributed by atoms with Crippen LogP contribution in [-0.2, 0) is 6.42 Å². The first kappa shape index (κ1) is 17.7. The molecular formula is C19H22N4O4. The molecule has 0 aromatic carbocycles. The van der Waals surface area contributed by atoms with Crippen molar-refractivity contribution in [3.63, 3.8) is 0 Å². The van der Waals surface area contributed by atoms with E-state index >= 15 is 0 Å². The molecule has 142 valence electrons. The van der Waals surface area contributed by atoms with Crippen molar-refractivity contribution < 1.29 is 18.8 Å². The van der Waals surface area contributed by atoms with E-state index in [1.165, 1.54) is 0 Å². The van der Waals surface area contributed by atoms with E-state index in [2.05, 4.69) is 20.8 Å². The molecule has 1 saturated heterocycles. The van der Waals surface area contributed by atoms with E-state index in [1.807, 2.05) is 6.92 Å². The molecule has 8 nitrogen and oxygen atoms in total. The fraction of sp³-hybridized carbons (Fsp3) is 0.421. The fourth-order valence-corrected chi connectivity index (χ4v) is 3.39. The Kier molecular flexibility index (Phi) is 4.91. The van der Waals surface area contributed by atoms with Crippen LogP contribution in [-0.4, -0.2) is 46.9 Å². The Bertz CT molecular complexity index is 935. The summed E-state index contributed by atoms with van der Waals surface area (Å²) in [4.78, 5) is 17.4. The van der Waals surface area contributed by atoms with Gasteiger partial charge in [0.2, 0.25) is 0 Å². The number of carbonyl (C=O) groups is 1. The largest absolute Gasteiger partial charge is 0.463 e. The molecule has 27 heavy (non-hydrogen) atoms. The molecule has 3 aromatic heterocycles. The number of β-amino-alcohol motifs (C(OH)–C–C–N with tert-alkyl or cyclic N) is 1. The van der Waals surface area contributed by atoms with E-state index in [0.29, 0.717) is 54.2 Å². The summed E-state index contributed by atoms with van der Waals surface area (Å²) in [5.41, 5.74) is 2.01. The molecule has 4 heterocycles. The highest BCUT2D eigenvalue weighted by Gasteiger charge is 2.26. The number of aromatic nitrogens is 2. The summed E-state index contributed by atoms with van der Waals surface area (Å²) in [7, 11) is 0. The van der Waals surface area contributed by atoms with Crippen LogP contribution < -0.4 is 10.6 Å². The van der Waals surface area contributed by atoms with Gasteiger partial charge < -0.3 is 24.7 Å². The van der Waals surface area contributed by atoms with E-state index in [1.54, 1.807) is 24.5 Å². The minimum absolute atomic E-state index is 0.00610. The van der Waals surface area contributed by atoms with Gasteiger partial charge >= 0.3 is 0 Å². The number of aryl methyl sites for hydroxylation is 1. The lowest BCUT2D eigenvalue weighted by Crippen LogP contribution is -2.34. The quantitative estimate of drug-likeness (QED) is 0.606. The molecule has 0 aliphatic carbocycles. The van der Waals surface area contributed by atoms with Crippen LogP contribution in [0.3, 0.4) is 0 Å². The highest BCUT2D eigenvalue weighted by molar-refractivity contribution is 6.06. The summed E-state index contributed by atoms with van der Waals surface area (Å²) < 4.78 is 10.8. The number of aliphatic hydroxyl groups excluding tert-OH is 1. The van der Waals surface area contributed by atoms with Gasteiger partial charge in [-0.05, 0) is 24.6 Å². The Balaban J connectivity index is 1.69. The zero-order chi connectivity index (χ0) is 18.8. The predicted molar refractivity (Wildman–Crippen MR) is 98.2 cm³/mol. The van der Waals surface area contributed by atoms with Crippen LogP contribution >= 0.6 is 0 Å². The third kappa shape index (κ3) is 3.45. The van der Waals surface area contributed by atoms with Crippen LogP contribution in [0.5, 0.6) is 0 Å². The average Bonchev–Trinajstić information content (AvgIpc) is 3.41.